The van der Waals surface area contributed by atoms with Crippen LogP contribution in [0.1, 0.15) is 240 Å². The van der Waals surface area contributed by atoms with E-state index in [-0.39, 0.29) is 31.3 Å². The molecule has 2 N–H and O–H groups in total. The summed E-state index contributed by atoms with van der Waals surface area (Å²) >= 11 is 0. The summed E-state index contributed by atoms with van der Waals surface area (Å²) in [6.07, 6.45) is 44.4. The van der Waals surface area contributed by atoms with Crippen LogP contribution in [0, 0.1) is 0 Å². The zero-order valence-corrected chi connectivity index (χ0v) is 52.1. The van der Waals surface area contributed by atoms with Crippen molar-refractivity contribution in [2.45, 2.75) is 225 Å². The normalized spacial score (nSPS) is 12.4. The molecule has 12 nitrogen and oxygen atoms in total. The summed E-state index contributed by atoms with van der Waals surface area (Å²) in [7, 11) is 3.07. The number of nitrogens with zero attached hydrogens (tertiary/aromatic N) is 2. The Morgan fingerprint density at radius 3 is 1.37 bits per heavy atom. The Kier molecular flexibility index (Phi) is 38.7. The van der Waals surface area contributed by atoms with Gasteiger partial charge in [0.05, 0.1) is 13.5 Å². The third-order valence-electron chi connectivity index (χ3n) is 15.9. The Labute approximate surface area is 502 Å². The number of unbranched alkanes of at least 4 members (excludes halogenated alkanes) is 24. The average Bonchev–Trinajstić information content (AvgIpc) is 2.98. The van der Waals surface area contributed by atoms with Crippen molar-refractivity contribution in [1.82, 2.24) is 20.4 Å². The first-order chi connectivity index (χ1) is 40.8. The van der Waals surface area contributed by atoms with Crippen molar-refractivity contribution in [3.05, 3.63) is 114 Å². The standard InChI is InChI=1S/C71H110N4O8/c1-5-7-9-11-13-15-17-19-21-23-25-27-29-31-33-39-55-81-57-41-53-75(54-42-58-82-56-40-34-32-30-28-26-24-22-20-18-16-14-12-10-8-6-2)67(76)59-66(70(78)73-52-51-72-69(77)60-47-49-61(80-4)50-48-60)74(3)71(79)83-68-64-45-37-35-43-62(64)63-44-36-38-46-65(63)68/h19-22,35-38,43-50,66,68H,5-18,23-34,39-42,51-59H2,1-4H3,(H,72,77)(H,73,78)/b21-19-,22-20-/t66-/m1/s1. The fourth-order valence-electron chi connectivity index (χ4n) is 10.8. The summed E-state index contributed by atoms with van der Waals surface area (Å²) in [6, 6.07) is 21.2. The molecule has 0 aromatic heterocycles. The zero-order valence-electron chi connectivity index (χ0n) is 52.1. The Morgan fingerprint density at radius 1 is 0.506 bits per heavy atom. The molecular formula is C71H110N4O8. The largest absolute Gasteiger partial charge is 0.497 e. The van der Waals surface area contributed by atoms with Crippen molar-refractivity contribution in [3.63, 3.8) is 0 Å². The number of ether oxygens (including phenoxy) is 4. The number of carbonyl (C=O) groups excluding carboxylic acids is 4. The number of amides is 4. The molecule has 1 aliphatic carbocycles. The monoisotopic (exact) mass is 1150 g/mol. The van der Waals surface area contributed by atoms with Crippen LogP contribution in [-0.4, -0.2) is 106 Å². The minimum atomic E-state index is -1.20. The molecule has 12 heteroatoms. The highest BCUT2D eigenvalue weighted by Crippen LogP contribution is 2.45. The number of allylic oxidation sites excluding steroid dienone is 4. The lowest BCUT2D eigenvalue weighted by molar-refractivity contribution is -0.137. The maximum Gasteiger partial charge on any atom is 0.411 e. The van der Waals surface area contributed by atoms with Crippen LogP contribution in [0.2, 0.25) is 0 Å². The zero-order chi connectivity index (χ0) is 59.2. The molecule has 0 aliphatic heterocycles. The number of methoxy groups -OCH3 is 1. The quantitative estimate of drug-likeness (QED) is 0.0421. The Morgan fingerprint density at radius 2 is 0.916 bits per heavy atom. The van der Waals surface area contributed by atoms with Crippen molar-refractivity contribution in [2.24, 2.45) is 0 Å². The SMILES string of the molecule is CCCCCCCC/C=C\CCCCCCCCOCCCN(CCCOCCCCCCCC/C=C\CCCCCCCC)C(=O)C[C@H](C(=O)NCCNC(=O)c1ccc(OC)cc1)N(C)C(=O)OC1c2ccccc2-c2ccccc21. The van der Waals surface area contributed by atoms with E-state index in [9.17, 15) is 19.2 Å². The smallest absolute Gasteiger partial charge is 0.411 e. The van der Waals surface area contributed by atoms with Gasteiger partial charge < -0.3 is 34.5 Å². The van der Waals surface area contributed by atoms with Gasteiger partial charge in [-0.1, -0.05) is 202 Å². The lowest BCUT2D eigenvalue weighted by atomic mass is 10.1. The van der Waals surface area contributed by atoms with E-state index in [1.54, 1.807) is 36.3 Å². The highest BCUT2D eigenvalue weighted by Gasteiger charge is 2.36. The number of likely N-dealkylation sites (N-methyl/N-ethyl adjacent to an activating group) is 1. The van der Waals surface area contributed by atoms with Crippen molar-refractivity contribution in [1.29, 1.82) is 0 Å². The van der Waals surface area contributed by atoms with Crippen LogP contribution in [0.4, 0.5) is 4.79 Å². The summed E-state index contributed by atoms with van der Waals surface area (Å²) < 4.78 is 23.7. The Bertz CT molecular complexity index is 2150. The molecule has 0 fully saturated rings. The number of rotatable bonds is 50. The summed E-state index contributed by atoms with van der Waals surface area (Å²) in [4.78, 5) is 59.0. The van der Waals surface area contributed by atoms with E-state index >= 15 is 0 Å². The fourth-order valence-corrected chi connectivity index (χ4v) is 10.8. The molecule has 1 aliphatic rings. The van der Waals surface area contributed by atoms with Gasteiger partial charge in [0.1, 0.15) is 11.8 Å². The first kappa shape index (κ1) is 70.0. The number of benzene rings is 3. The van der Waals surface area contributed by atoms with Crippen LogP contribution in [-0.2, 0) is 23.8 Å². The van der Waals surface area contributed by atoms with Gasteiger partial charge in [-0.05, 0) is 112 Å². The average molecular weight is 1150 g/mol. The fraction of sp³-hybridized carbons (Fsp3) is 0.634. The molecule has 83 heavy (non-hydrogen) atoms. The molecule has 0 heterocycles. The van der Waals surface area contributed by atoms with E-state index < -0.39 is 24.1 Å². The third-order valence-corrected chi connectivity index (χ3v) is 15.9. The second-order valence-corrected chi connectivity index (χ2v) is 22.7. The molecule has 3 aromatic rings. The summed E-state index contributed by atoms with van der Waals surface area (Å²) in [5.74, 6) is -0.448. The molecule has 4 amide bonds. The van der Waals surface area contributed by atoms with Crippen molar-refractivity contribution < 1.29 is 38.1 Å². The van der Waals surface area contributed by atoms with Crippen LogP contribution in [0.5, 0.6) is 5.75 Å². The molecule has 0 unspecified atom stereocenters. The van der Waals surface area contributed by atoms with E-state index in [2.05, 4.69) is 48.8 Å². The van der Waals surface area contributed by atoms with Gasteiger partial charge in [0.25, 0.3) is 5.91 Å². The van der Waals surface area contributed by atoms with Gasteiger partial charge >= 0.3 is 6.09 Å². The first-order valence-corrected chi connectivity index (χ1v) is 32.8. The van der Waals surface area contributed by atoms with Gasteiger partial charge in [-0.15, -0.1) is 0 Å². The molecule has 0 spiro atoms. The van der Waals surface area contributed by atoms with Crippen molar-refractivity contribution in [2.75, 3.05) is 66.8 Å². The van der Waals surface area contributed by atoms with E-state index in [1.165, 1.54) is 166 Å². The molecule has 462 valence electrons. The molecule has 0 saturated carbocycles. The maximum atomic E-state index is 14.6. The van der Waals surface area contributed by atoms with Gasteiger partial charge in [0, 0.05) is 76.3 Å². The lowest BCUT2D eigenvalue weighted by Gasteiger charge is -2.30. The van der Waals surface area contributed by atoms with E-state index in [1.807, 2.05) is 48.5 Å². The van der Waals surface area contributed by atoms with Crippen LogP contribution < -0.4 is 15.4 Å². The van der Waals surface area contributed by atoms with Gasteiger partial charge in [-0.2, -0.15) is 0 Å². The summed E-state index contributed by atoms with van der Waals surface area (Å²) in [6.45, 7) is 8.03. The van der Waals surface area contributed by atoms with Crippen LogP contribution in [0.25, 0.3) is 11.1 Å². The van der Waals surface area contributed by atoms with Gasteiger partial charge in [0.2, 0.25) is 11.8 Å². The van der Waals surface area contributed by atoms with Gasteiger partial charge in [-0.25, -0.2) is 4.79 Å². The van der Waals surface area contributed by atoms with Crippen molar-refractivity contribution >= 4 is 23.8 Å². The Balaban J connectivity index is 1.28. The van der Waals surface area contributed by atoms with Gasteiger partial charge in [-0.3, -0.25) is 19.3 Å². The second-order valence-electron chi connectivity index (χ2n) is 22.7. The first-order valence-electron chi connectivity index (χ1n) is 32.8. The number of hydrogen-bond acceptors (Lipinski definition) is 8. The number of nitrogens with one attached hydrogen (secondary N) is 2. The van der Waals surface area contributed by atoms with Gasteiger partial charge in [0.15, 0.2) is 6.10 Å². The van der Waals surface area contributed by atoms with Crippen LogP contribution >= 0.6 is 0 Å². The molecule has 0 bridgehead atoms. The minimum Gasteiger partial charge on any atom is -0.497 e. The topological polar surface area (TPSA) is 136 Å². The summed E-state index contributed by atoms with van der Waals surface area (Å²) in [5.41, 5.74) is 4.14. The molecule has 0 radical (unpaired) electrons. The predicted octanol–water partition coefficient (Wildman–Crippen LogP) is 16.9. The maximum absolute atomic E-state index is 14.6. The Hall–Kier alpha value is -5.46. The van der Waals surface area contributed by atoms with Crippen LogP contribution in [0.3, 0.4) is 0 Å². The van der Waals surface area contributed by atoms with Crippen LogP contribution in [0.15, 0.2) is 97.1 Å². The molecule has 0 saturated heterocycles. The highest BCUT2D eigenvalue weighted by atomic mass is 16.6. The van der Waals surface area contributed by atoms with E-state index in [0.717, 1.165) is 47.9 Å². The number of fused-ring (bicyclic) bond motifs is 3. The number of carbonyl (C=O) groups is 4. The van der Waals surface area contributed by atoms with E-state index in [4.69, 9.17) is 18.9 Å². The molecular weight excluding hydrogens is 1040 g/mol. The minimum absolute atomic E-state index is 0.0735. The second kappa shape index (κ2) is 45.9. The third kappa shape index (κ3) is 29.8. The number of hydrogen-bond donors (Lipinski definition) is 2. The molecule has 1 atom stereocenters. The van der Waals surface area contributed by atoms with E-state index in [0.29, 0.717) is 63.7 Å². The predicted molar refractivity (Wildman–Crippen MR) is 341 cm³/mol. The lowest BCUT2D eigenvalue weighted by Crippen LogP contribution is -2.51. The molecule has 4 rings (SSSR count). The summed E-state index contributed by atoms with van der Waals surface area (Å²) in [5, 5.41) is 5.73. The highest BCUT2D eigenvalue weighted by molar-refractivity contribution is 5.94. The molecule has 3 aromatic carbocycles. The van der Waals surface area contributed by atoms with Crippen molar-refractivity contribution in [3.8, 4) is 16.9 Å².